The van der Waals surface area contributed by atoms with Gasteiger partial charge in [0.1, 0.15) is 11.6 Å². The Balaban J connectivity index is 1.73. The fourth-order valence-corrected chi connectivity index (χ4v) is 3.83. The zero-order valence-electron chi connectivity index (χ0n) is 22.6. The highest BCUT2D eigenvalue weighted by Gasteiger charge is 2.40. The SMILES string of the molecule is COC(=O)[C@@H](NC(=O)c1ccc2cc(C#CC#C[C@H]3C[C@@H]3CO)ccc2c1)C(C)(C)NC(=O)OC(C)(C)C. The van der Waals surface area contributed by atoms with E-state index in [1.54, 1.807) is 52.8 Å². The molecule has 8 nitrogen and oxygen atoms in total. The molecule has 1 aliphatic carbocycles. The number of carbonyl (C=O) groups excluding carboxylic acids is 3. The van der Waals surface area contributed by atoms with Gasteiger partial charge in [-0.3, -0.25) is 4.79 Å². The molecule has 2 aromatic carbocycles. The van der Waals surface area contributed by atoms with Gasteiger partial charge in [0.2, 0.25) is 0 Å². The predicted octanol–water partition coefficient (Wildman–Crippen LogP) is 3.40. The van der Waals surface area contributed by atoms with Crippen molar-refractivity contribution in [2.24, 2.45) is 11.8 Å². The number of esters is 1. The summed E-state index contributed by atoms with van der Waals surface area (Å²) in [6, 6.07) is 9.60. The first-order valence-corrected chi connectivity index (χ1v) is 12.4. The smallest absolute Gasteiger partial charge is 0.408 e. The molecule has 0 aliphatic heterocycles. The number of rotatable bonds is 6. The van der Waals surface area contributed by atoms with Crippen LogP contribution in [0, 0.1) is 35.5 Å². The molecule has 0 heterocycles. The van der Waals surface area contributed by atoms with E-state index in [0.717, 1.165) is 22.8 Å². The van der Waals surface area contributed by atoms with E-state index in [4.69, 9.17) is 14.6 Å². The summed E-state index contributed by atoms with van der Waals surface area (Å²) in [5, 5.41) is 16.1. The Labute approximate surface area is 223 Å². The second-order valence-corrected chi connectivity index (χ2v) is 10.9. The van der Waals surface area contributed by atoms with Crippen molar-refractivity contribution in [2.45, 2.75) is 58.2 Å². The molecule has 3 rings (SSSR count). The molecule has 0 radical (unpaired) electrons. The molecule has 1 saturated carbocycles. The summed E-state index contributed by atoms with van der Waals surface area (Å²) in [6.07, 6.45) is 0.206. The van der Waals surface area contributed by atoms with Gasteiger partial charge in [-0.1, -0.05) is 24.0 Å². The van der Waals surface area contributed by atoms with E-state index in [-0.39, 0.29) is 18.4 Å². The van der Waals surface area contributed by atoms with E-state index in [9.17, 15) is 14.4 Å². The van der Waals surface area contributed by atoms with Crippen LogP contribution in [0.1, 0.15) is 57.0 Å². The second-order valence-electron chi connectivity index (χ2n) is 10.9. The highest BCUT2D eigenvalue weighted by Crippen LogP contribution is 2.36. The van der Waals surface area contributed by atoms with Crippen LogP contribution in [0.3, 0.4) is 0 Å². The molecular weight excluding hydrogens is 484 g/mol. The van der Waals surface area contributed by atoms with Crippen molar-refractivity contribution in [3.05, 3.63) is 47.5 Å². The normalized spacial score (nSPS) is 17.1. The maximum Gasteiger partial charge on any atom is 0.408 e. The molecule has 0 unspecified atom stereocenters. The summed E-state index contributed by atoms with van der Waals surface area (Å²) in [5.74, 6) is 11.1. The molecule has 0 aromatic heterocycles. The van der Waals surface area contributed by atoms with Crippen LogP contribution >= 0.6 is 0 Å². The number of methoxy groups -OCH3 is 1. The van der Waals surface area contributed by atoms with Crippen LogP contribution in [0.5, 0.6) is 0 Å². The third-order valence-corrected chi connectivity index (χ3v) is 6.04. The highest BCUT2D eigenvalue weighted by molar-refractivity contribution is 6.00. The van der Waals surface area contributed by atoms with E-state index >= 15 is 0 Å². The molecular formula is C30H34N2O6. The molecule has 38 heavy (non-hydrogen) atoms. The Morgan fingerprint density at radius 2 is 1.74 bits per heavy atom. The molecule has 200 valence electrons. The van der Waals surface area contributed by atoms with Gasteiger partial charge in [0.15, 0.2) is 0 Å². The molecule has 0 spiro atoms. The van der Waals surface area contributed by atoms with Gasteiger partial charge < -0.3 is 25.2 Å². The summed E-state index contributed by atoms with van der Waals surface area (Å²) in [7, 11) is 1.21. The average molecular weight is 519 g/mol. The van der Waals surface area contributed by atoms with Crippen LogP contribution < -0.4 is 10.6 Å². The first-order valence-electron chi connectivity index (χ1n) is 12.4. The largest absolute Gasteiger partial charge is 0.467 e. The first kappa shape index (κ1) is 28.6. The highest BCUT2D eigenvalue weighted by atomic mass is 16.6. The zero-order chi connectivity index (χ0) is 28.1. The Morgan fingerprint density at radius 3 is 2.37 bits per heavy atom. The minimum atomic E-state index is -1.21. The van der Waals surface area contributed by atoms with E-state index in [1.165, 1.54) is 7.11 Å². The second kappa shape index (κ2) is 11.6. The van der Waals surface area contributed by atoms with Crippen LogP contribution in [0.2, 0.25) is 0 Å². The Morgan fingerprint density at radius 1 is 1.05 bits per heavy atom. The van der Waals surface area contributed by atoms with Crippen molar-refractivity contribution >= 4 is 28.7 Å². The molecule has 8 heteroatoms. The number of aliphatic hydroxyl groups excluding tert-OH is 1. The number of carbonyl (C=O) groups is 3. The number of hydrogen-bond acceptors (Lipinski definition) is 6. The van der Waals surface area contributed by atoms with Gasteiger partial charge >= 0.3 is 12.1 Å². The third-order valence-electron chi connectivity index (χ3n) is 6.04. The Bertz CT molecular complexity index is 1350. The Kier molecular flexibility index (Phi) is 8.70. The van der Waals surface area contributed by atoms with Gasteiger partial charge in [0.05, 0.1) is 12.6 Å². The van der Waals surface area contributed by atoms with Crippen molar-refractivity contribution in [1.82, 2.24) is 10.6 Å². The first-order chi connectivity index (χ1) is 17.8. The van der Waals surface area contributed by atoms with E-state index in [2.05, 4.69) is 34.3 Å². The third kappa shape index (κ3) is 7.74. The summed E-state index contributed by atoms with van der Waals surface area (Å²) >= 11 is 0. The number of aliphatic hydroxyl groups is 1. The van der Waals surface area contributed by atoms with Crippen molar-refractivity contribution in [2.75, 3.05) is 13.7 Å². The van der Waals surface area contributed by atoms with Gasteiger partial charge in [-0.2, -0.15) is 0 Å². The number of alkyl carbamates (subject to hydrolysis) is 1. The van der Waals surface area contributed by atoms with Crippen LogP contribution in [0.25, 0.3) is 10.8 Å². The van der Waals surface area contributed by atoms with Gasteiger partial charge in [-0.05, 0) is 93.8 Å². The summed E-state index contributed by atoms with van der Waals surface area (Å²) in [6.45, 7) is 8.55. The van der Waals surface area contributed by atoms with Crippen molar-refractivity contribution in [3.63, 3.8) is 0 Å². The number of ether oxygens (including phenoxy) is 2. The Hall–Kier alpha value is -4.01. The maximum atomic E-state index is 13.1. The lowest BCUT2D eigenvalue weighted by Crippen LogP contribution is -2.62. The standard InChI is InChI=1S/C30H34N2O6/c1-29(2,3)38-28(36)32-30(4,5)25(27(35)37-6)31-26(34)23-14-13-21-15-19(11-12-22(21)16-23)9-7-8-10-20-17-24(20)18-33/h11-16,20,24-25,33H,17-18H2,1-6H3,(H,31,34)(H,32,36)/t20-,24+,25+/m0/s1. The van der Waals surface area contributed by atoms with Crippen molar-refractivity contribution < 1.29 is 29.0 Å². The summed E-state index contributed by atoms with van der Waals surface area (Å²) < 4.78 is 10.2. The number of fused-ring (bicyclic) bond motifs is 1. The molecule has 3 N–H and O–H groups in total. The number of nitrogens with one attached hydrogen (secondary N) is 2. The number of amides is 2. The molecule has 2 amide bonds. The molecule has 1 aliphatic rings. The molecule has 1 fully saturated rings. The van der Waals surface area contributed by atoms with Crippen molar-refractivity contribution in [1.29, 1.82) is 0 Å². The van der Waals surface area contributed by atoms with Crippen molar-refractivity contribution in [3.8, 4) is 23.7 Å². The van der Waals surface area contributed by atoms with Gasteiger partial charge in [0, 0.05) is 23.7 Å². The number of benzene rings is 2. The fraction of sp³-hybridized carbons (Fsp3) is 0.433. The van der Waals surface area contributed by atoms with Gasteiger partial charge in [0.25, 0.3) is 5.91 Å². The molecule has 2 aromatic rings. The van der Waals surface area contributed by atoms with Gasteiger partial charge in [-0.25, -0.2) is 9.59 Å². The zero-order valence-corrected chi connectivity index (χ0v) is 22.6. The minimum Gasteiger partial charge on any atom is -0.467 e. The minimum absolute atomic E-state index is 0.168. The van der Waals surface area contributed by atoms with E-state index in [0.29, 0.717) is 5.56 Å². The quantitative estimate of drug-likeness (QED) is 0.399. The molecule has 3 atom stereocenters. The lowest BCUT2D eigenvalue weighted by Gasteiger charge is -2.34. The van der Waals surface area contributed by atoms with Crippen LogP contribution in [-0.4, -0.2) is 54.0 Å². The van der Waals surface area contributed by atoms with Gasteiger partial charge in [-0.15, -0.1) is 0 Å². The lowest BCUT2D eigenvalue weighted by atomic mass is 9.94. The van der Waals surface area contributed by atoms with E-state index in [1.807, 2.05) is 18.2 Å². The lowest BCUT2D eigenvalue weighted by molar-refractivity contribution is -0.144. The molecule has 0 saturated heterocycles. The topological polar surface area (TPSA) is 114 Å². The summed E-state index contributed by atoms with van der Waals surface area (Å²) in [4.78, 5) is 38.0. The monoisotopic (exact) mass is 518 g/mol. The summed E-state index contributed by atoms with van der Waals surface area (Å²) in [5.41, 5.74) is -0.808. The average Bonchev–Trinajstić information content (AvgIpc) is 3.61. The fourth-order valence-electron chi connectivity index (χ4n) is 3.83. The van der Waals surface area contributed by atoms with E-state index < -0.39 is 35.2 Å². The maximum absolute atomic E-state index is 13.1. The molecule has 0 bridgehead atoms. The van der Waals surface area contributed by atoms with Crippen LogP contribution in [0.15, 0.2) is 36.4 Å². The number of hydrogen-bond donors (Lipinski definition) is 3. The predicted molar refractivity (Wildman–Crippen MR) is 144 cm³/mol. The van der Waals surface area contributed by atoms with Crippen LogP contribution in [0.4, 0.5) is 4.79 Å². The van der Waals surface area contributed by atoms with Crippen LogP contribution in [-0.2, 0) is 14.3 Å².